The molecule has 0 aliphatic carbocycles. The Labute approximate surface area is 83.0 Å². The maximum atomic E-state index is 3.46. The molecular formula is C8H18BrNS. The average molecular weight is 240 g/mol. The summed E-state index contributed by atoms with van der Waals surface area (Å²) in [5.41, 5.74) is 0. The monoisotopic (exact) mass is 239 g/mol. The molecule has 0 spiro atoms. The Bertz CT molecular complexity index is 74.5. The van der Waals surface area contributed by atoms with E-state index in [2.05, 4.69) is 34.0 Å². The van der Waals surface area contributed by atoms with Gasteiger partial charge in [0.1, 0.15) is 0 Å². The van der Waals surface area contributed by atoms with Crippen molar-refractivity contribution >= 4 is 27.7 Å². The minimum atomic E-state index is 1.10. The molecule has 0 heterocycles. The number of rotatable bonds is 7. The molecule has 0 aliphatic rings. The van der Waals surface area contributed by atoms with Gasteiger partial charge in [0.25, 0.3) is 0 Å². The Morgan fingerprint density at radius 1 is 1.27 bits per heavy atom. The molecule has 0 bridgehead atoms. The molecule has 0 aliphatic heterocycles. The first kappa shape index (κ1) is 11.8. The molecule has 0 saturated heterocycles. The van der Waals surface area contributed by atoms with Gasteiger partial charge in [0.05, 0.1) is 0 Å². The lowest BCUT2D eigenvalue weighted by molar-refractivity contribution is 0.310. The molecule has 0 N–H and O–H groups in total. The zero-order valence-electron chi connectivity index (χ0n) is 7.48. The molecule has 0 aromatic rings. The topological polar surface area (TPSA) is 3.24 Å². The maximum absolute atomic E-state index is 3.46. The van der Waals surface area contributed by atoms with Gasteiger partial charge < -0.3 is 4.90 Å². The van der Waals surface area contributed by atoms with Crippen LogP contribution in [0, 0.1) is 0 Å². The van der Waals surface area contributed by atoms with E-state index in [1.54, 1.807) is 0 Å². The average Bonchev–Trinajstić information content (AvgIpc) is 2.01. The van der Waals surface area contributed by atoms with Crippen molar-refractivity contribution in [3.05, 3.63) is 0 Å². The third-order valence-electron chi connectivity index (χ3n) is 1.55. The summed E-state index contributed by atoms with van der Waals surface area (Å²) in [5.74, 6) is 1.26. The Morgan fingerprint density at radius 2 is 2.00 bits per heavy atom. The number of thioether (sulfide) groups is 1. The Hall–Kier alpha value is 0.790. The standard InChI is InChI=1S/C8H18BrNS/c1-3-5-10(6-4-9)7-8-11-2/h3-8H2,1-2H3. The molecular weight excluding hydrogens is 222 g/mol. The largest absolute Gasteiger partial charge is 0.302 e. The highest BCUT2D eigenvalue weighted by molar-refractivity contribution is 9.09. The molecule has 11 heavy (non-hydrogen) atoms. The van der Waals surface area contributed by atoms with Crippen molar-refractivity contribution in [3.63, 3.8) is 0 Å². The van der Waals surface area contributed by atoms with Crippen LogP contribution in [0.2, 0.25) is 0 Å². The Balaban J connectivity index is 3.34. The number of nitrogens with zero attached hydrogens (tertiary/aromatic N) is 1. The fourth-order valence-corrected chi connectivity index (χ4v) is 1.93. The van der Waals surface area contributed by atoms with Crippen molar-refractivity contribution in [2.75, 3.05) is 37.0 Å². The first-order valence-corrected chi connectivity index (χ1v) is 6.64. The second-order valence-electron chi connectivity index (χ2n) is 2.52. The van der Waals surface area contributed by atoms with Crippen molar-refractivity contribution < 1.29 is 0 Å². The van der Waals surface area contributed by atoms with E-state index in [1.807, 2.05) is 11.8 Å². The van der Waals surface area contributed by atoms with Crippen LogP contribution in [-0.4, -0.2) is 41.9 Å². The van der Waals surface area contributed by atoms with Gasteiger partial charge in [0.15, 0.2) is 0 Å². The van der Waals surface area contributed by atoms with E-state index < -0.39 is 0 Å². The van der Waals surface area contributed by atoms with E-state index in [-0.39, 0.29) is 0 Å². The highest BCUT2D eigenvalue weighted by atomic mass is 79.9. The highest BCUT2D eigenvalue weighted by Crippen LogP contribution is 1.98. The Morgan fingerprint density at radius 3 is 2.45 bits per heavy atom. The summed E-state index contributed by atoms with van der Waals surface area (Å²) in [7, 11) is 0. The van der Waals surface area contributed by atoms with Gasteiger partial charge in [-0.1, -0.05) is 22.9 Å². The number of alkyl halides is 1. The van der Waals surface area contributed by atoms with Crippen LogP contribution < -0.4 is 0 Å². The summed E-state index contributed by atoms with van der Waals surface area (Å²) in [6.45, 7) is 5.90. The molecule has 0 saturated carbocycles. The molecule has 0 amide bonds. The summed E-state index contributed by atoms with van der Waals surface area (Å²) in [5, 5.41) is 1.10. The number of hydrogen-bond acceptors (Lipinski definition) is 2. The second kappa shape index (κ2) is 8.88. The van der Waals surface area contributed by atoms with Crippen molar-refractivity contribution in [1.82, 2.24) is 4.90 Å². The SMILES string of the molecule is CCCN(CCBr)CCSC. The van der Waals surface area contributed by atoms with E-state index >= 15 is 0 Å². The second-order valence-corrected chi connectivity index (χ2v) is 4.30. The summed E-state index contributed by atoms with van der Waals surface area (Å²) in [4.78, 5) is 2.51. The van der Waals surface area contributed by atoms with Crippen LogP contribution in [0.1, 0.15) is 13.3 Å². The minimum Gasteiger partial charge on any atom is -0.302 e. The predicted molar refractivity (Wildman–Crippen MR) is 58.9 cm³/mol. The summed E-state index contributed by atoms with van der Waals surface area (Å²) < 4.78 is 0. The van der Waals surface area contributed by atoms with Crippen molar-refractivity contribution in [3.8, 4) is 0 Å². The van der Waals surface area contributed by atoms with Gasteiger partial charge in [-0.25, -0.2) is 0 Å². The van der Waals surface area contributed by atoms with Crippen LogP contribution in [0.4, 0.5) is 0 Å². The number of hydrogen-bond donors (Lipinski definition) is 0. The van der Waals surface area contributed by atoms with Crippen LogP contribution in [0.5, 0.6) is 0 Å². The molecule has 0 aromatic carbocycles. The van der Waals surface area contributed by atoms with Crippen molar-refractivity contribution in [2.45, 2.75) is 13.3 Å². The summed E-state index contributed by atoms with van der Waals surface area (Å²) >= 11 is 5.39. The molecule has 0 aromatic heterocycles. The van der Waals surface area contributed by atoms with Gasteiger partial charge in [-0.15, -0.1) is 0 Å². The van der Waals surface area contributed by atoms with Gasteiger partial charge >= 0.3 is 0 Å². The van der Waals surface area contributed by atoms with Gasteiger partial charge in [-0.3, -0.25) is 0 Å². The molecule has 0 radical (unpaired) electrons. The van der Waals surface area contributed by atoms with E-state index in [1.165, 1.54) is 31.8 Å². The first-order valence-electron chi connectivity index (χ1n) is 4.12. The lowest BCUT2D eigenvalue weighted by atomic mass is 10.4. The third kappa shape index (κ3) is 7.16. The van der Waals surface area contributed by atoms with E-state index in [0.717, 1.165) is 5.33 Å². The first-order chi connectivity index (χ1) is 5.35. The lowest BCUT2D eigenvalue weighted by Crippen LogP contribution is -2.28. The van der Waals surface area contributed by atoms with Gasteiger partial charge in [0.2, 0.25) is 0 Å². The van der Waals surface area contributed by atoms with Crippen LogP contribution in [0.15, 0.2) is 0 Å². The van der Waals surface area contributed by atoms with E-state index in [9.17, 15) is 0 Å². The van der Waals surface area contributed by atoms with Crippen molar-refractivity contribution in [1.29, 1.82) is 0 Å². The maximum Gasteiger partial charge on any atom is 0.0159 e. The molecule has 68 valence electrons. The molecule has 0 unspecified atom stereocenters. The molecule has 0 rings (SSSR count). The number of halogens is 1. The minimum absolute atomic E-state index is 1.10. The molecule has 1 nitrogen and oxygen atoms in total. The lowest BCUT2D eigenvalue weighted by Gasteiger charge is -2.19. The normalized spacial score (nSPS) is 10.9. The zero-order chi connectivity index (χ0) is 8.53. The van der Waals surface area contributed by atoms with Gasteiger partial charge in [0, 0.05) is 24.2 Å². The smallest absolute Gasteiger partial charge is 0.0159 e. The van der Waals surface area contributed by atoms with Gasteiger partial charge in [-0.05, 0) is 19.2 Å². The van der Waals surface area contributed by atoms with Crippen LogP contribution >= 0.6 is 27.7 Å². The fraction of sp³-hybridized carbons (Fsp3) is 1.00. The Kier molecular flexibility index (Phi) is 9.52. The third-order valence-corrected chi connectivity index (χ3v) is 2.50. The fourth-order valence-electron chi connectivity index (χ4n) is 0.992. The van der Waals surface area contributed by atoms with Crippen molar-refractivity contribution in [2.24, 2.45) is 0 Å². The van der Waals surface area contributed by atoms with Crippen LogP contribution in [-0.2, 0) is 0 Å². The zero-order valence-corrected chi connectivity index (χ0v) is 9.88. The van der Waals surface area contributed by atoms with Gasteiger partial charge in [-0.2, -0.15) is 11.8 Å². The van der Waals surface area contributed by atoms with E-state index in [0.29, 0.717) is 0 Å². The predicted octanol–water partition coefficient (Wildman–Crippen LogP) is 2.46. The molecule has 0 atom stereocenters. The molecule has 0 fully saturated rings. The van der Waals surface area contributed by atoms with Crippen LogP contribution in [0.3, 0.4) is 0 Å². The molecule has 3 heteroatoms. The highest BCUT2D eigenvalue weighted by Gasteiger charge is 2.00. The quantitative estimate of drug-likeness (QED) is 0.629. The summed E-state index contributed by atoms with van der Waals surface area (Å²) in [6, 6.07) is 0. The van der Waals surface area contributed by atoms with Crippen LogP contribution in [0.25, 0.3) is 0 Å². The summed E-state index contributed by atoms with van der Waals surface area (Å²) in [6.07, 6.45) is 3.43. The van der Waals surface area contributed by atoms with E-state index in [4.69, 9.17) is 0 Å².